The third kappa shape index (κ3) is 2.67. The van der Waals surface area contributed by atoms with Crippen molar-refractivity contribution in [3.05, 3.63) is 41.6 Å². The fourth-order valence-electron chi connectivity index (χ4n) is 1.46. The number of H-pyrrole nitrogens is 1. The quantitative estimate of drug-likeness (QED) is 0.652. The van der Waals surface area contributed by atoms with Crippen LogP contribution in [-0.2, 0) is 6.61 Å². The largest absolute Gasteiger partial charge is 0.392 e. The molecule has 1 amide bonds. The lowest BCUT2D eigenvalue weighted by atomic mass is 10.2. The number of amides is 1. The maximum atomic E-state index is 11.8. The van der Waals surface area contributed by atoms with Gasteiger partial charge in [0, 0.05) is 18.8 Å². The van der Waals surface area contributed by atoms with E-state index < -0.39 is 0 Å². The van der Waals surface area contributed by atoms with Gasteiger partial charge in [-0.15, -0.1) is 0 Å². The second-order valence-corrected chi connectivity index (χ2v) is 3.73. The van der Waals surface area contributed by atoms with E-state index in [1.54, 1.807) is 37.4 Å². The summed E-state index contributed by atoms with van der Waals surface area (Å²) in [7, 11) is 1.73. The Morgan fingerprint density at radius 3 is 2.67 bits per heavy atom. The molecule has 6 heteroatoms. The van der Waals surface area contributed by atoms with Crippen molar-refractivity contribution < 1.29 is 9.90 Å². The van der Waals surface area contributed by atoms with Crippen LogP contribution in [0.3, 0.4) is 0 Å². The lowest BCUT2D eigenvalue weighted by molar-refractivity contribution is 0.102. The molecule has 1 aromatic carbocycles. The van der Waals surface area contributed by atoms with Crippen molar-refractivity contribution in [2.24, 2.45) is 0 Å². The normalized spacial score (nSPS) is 10.1. The Balaban J connectivity index is 2.06. The molecule has 0 aliphatic heterocycles. The molecule has 0 aliphatic carbocycles. The molecule has 0 bridgehead atoms. The van der Waals surface area contributed by atoms with Crippen LogP contribution in [0, 0.1) is 0 Å². The number of aromatic nitrogens is 2. The van der Waals surface area contributed by atoms with Gasteiger partial charge in [0.1, 0.15) is 11.5 Å². The molecule has 0 radical (unpaired) electrons. The summed E-state index contributed by atoms with van der Waals surface area (Å²) in [5, 5.41) is 21.0. The van der Waals surface area contributed by atoms with E-state index in [1.807, 2.05) is 0 Å². The van der Waals surface area contributed by atoms with Crippen molar-refractivity contribution in [1.82, 2.24) is 10.2 Å². The molecule has 2 aromatic rings. The number of anilines is 2. The molecular weight excluding hydrogens is 232 g/mol. The fourth-order valence-corrected chi connectivity index (χ4v) is 1.46. The van der Waals surface area contributed by atoms with Crippen LogP contribution in [0.1, 0.15) is 16.1 Å². The van der Waals surface area contributed by atoms with Crippen LogP contribution in [0.2, 0.25) is 0 Å². The summed E-state index contributed by atoms with van der Waals surface area (Å²) in [6.45, 7) is -0.0136. The van der Waals surface area contributed by atoms with Crippen molar-refractivity contribution in [3.63, 3.8) is 0 Å². The fraction of sp³-hybridized carbons (Fsp3) is 0.167. The molecule has 0 aliphatic rings. The molecular formula is C12H14N4O2. The maximum Gasteiger partial charge on any atom is 0.273 e. The number of nitrogens with one attached hydrogen (secondary N) is 3. The summed E-state index contributed by atoms with van der Waals surface area (Å²) >= 11 is 0. The highest BCUT2D eigenvalue weighted by molar-refractivity contribution is 6.03. The van der Waals surface area contributed by atoms with Crippen LogP contribution in [-0.4, -0.2) is 28.3 Å². The van der Waals surface area contributed by atoms with Gasteiger partial charge < -0.3 is 15.7 Å². The Kier molecular flexibility index (Phi) is 3.59. The highest BCUT2D eigenvalue weighted by atomic mass is 16.3. The maximum absolute atomic E-state index is 11.8. The van der Waals surface area contributed by atoms with E-state index in [9.17, 15) is 4.79 Å². The van der Waals surface area contributed by atoms with E-state index in [0.717, 1.165) is 5.56 Å². The Morgan fingerprint density at radius 1 is 1.39 bits per heavy atom. The zero-order valence-corrected chi connectivity index (χ0v) is 9.90. The number of rotatable bonds is 4. The minimum atomic E-state index is -0.263. The first-order valence-corrected chi connectivity index (χ1v) is 5.47. The molecule has 0 unspecified atom stereocenters. The Hall–Kier alpha value is -2.34. The van der Waals surface area contributed by atoms with Crippen LogP contribution in [0.4, 0.5) is 11.5 Å². The lowest BCUT2D eigenvalue weighted by Gasteiger charge is -2.03. The molecule has 0 atom stereocenters. The number of benzene rings is 1. The number of aliphatic hydroxyl groups excluding tert-OH is 1. The predicted octanol–water partition coefficient (Wildman–Crippen LogP) is 1.20. The first kappa shape index (κ1) is 12.1. The molecule has 1 heterocycles. The van der Waals surface area contributed by atoms with E-state index in [2.05, 4.69) is 20.8 Å². The third-order valence-corrected chi connectivity index (χ3v) is 2.47. The standard InChI is InChI=1S/C12H14N4O2/c1-13-11-6-10(15-16-11)12(18)14-9-4-2-8(7-17)3-5-9/h2-6,17H,7H2,1H3,(H,14,18)(H2,13,15,16). The number of hydrogen-bond acceptors (Lipinski definition) is 4. The van der Waals surface area contributed by atoms with Gasteiger partial charge in [-0.05, 0) is 17.7 Å². The van der Waals surface area contributed by atoms with Crippen LogP contribution < -0.4 is 10.6 Å². The first-order chi connectivity index (χ1) is 8.72. The Bertz CT molecular complexity index is 533. The third-order valence-electron chi connectivity index (χ3n) is 2.47. The Morgan fingerprint density at radius 2 is 2.11 bits per heavy atom. The highest BCUT2D eigenvalue weighted by Gasteiger charge is 2.09. The van der Waals surface area contributed by atoms with E-state index in [1.165, 1.54) is 0 Å². The number of nitrogens with zero attached hydrogens (tertiary/aromatic N) is 1. The number of aliphatic hydroxyl groups is 1. The zero-order chi connectivity index (χ0) is 13.0. The summed E-state index contributed by atoms with van der Waals surface area (Å²) < 4.78 is 0. The molecule has 6 nitrogen and oxygen atoms in total. The van der Waals surface area contributed by atoms with Gasteiger partial charge >= 0.3 is 0 Å². The van der Waals surface area contributed by atoms with E-state index in [4.69, 9.17) is 5.11 Å². The predicted molar refractivity (Wildman–Crippen MR) is 68.5 cm³/mol. The lowest BCUT2D eigenvalue weighted by Crippen LogP contribution is -2.12. The van der Waals surface area contributed by atoms with Crippen molar-refractivity contribution >= 4 is 17.4 Å². The van der Waals surface area contributed by atoms with Gasteiger partial charge in [0.05, 0.1) is 6.61 Å². The van der Waals surface area contributed by atoms with Gasteiger partial charge in [0.15, 0.2) is 0 Å². The van der Waals surface area contributed by atoms with Crippen LogP contribution in [0.25, 0.3) is 0 Å². The average molecular weight is 246 g/mol. The van der Waals surface area contributed by atoms with Gasteiger partial charge in [0.2, 0.25) is 0 Å². The average Bonchev–Trinajstić information content (AvgIpc) is 2.88. The number of carbonyl (C=O) groups is 1. The Labute approximate surface area is 104 Å². The summed E-state index contributed by atoms with van der Waals surface area (Å²) in [6.07, 6.45) is 0. The molecule has 0 fully saturated rings. The molecule has 18 heavy (non-hydrogen) atoms. The SMILES string of the molecule is CNc1cc(C(=O)Nc2ccc(CO)cc2)[nH]n1. The van der Waals surface area contributed by atoms with E-state index >= 15 is 0 Å². The minimum absolute atomic E-state index is 0.0136. The summed E-state index contributed by atoms with van der Waals surface area (Å²) in [4.78, 5) is 11.8. The van der Waals surface area contributed by atoms with Gasteiger partial charge in [0.25, 0.3) is 5.91 Å². The molecule has 0 saturated carbocycles. The van der Waals surface area contributed by atoms with Crippen LogP contribution in [0.15, 0.2) is 30.3 Å². The number of carbonyl (C=O) groups excluding carboxylic acids is 1. The molecule has 0 spiro atoms. The minimum Gasteiger partial charge on any atom is -0.392 e. The molecule has 4 N–H and O–H groups in total. The summed E-state index contributed by atoms with van der Waals surface area (Å²) in [5.74, 6) is 0.344. The van der Waals surface area contributed by atoms with Gasteiger partial charge in [-0.2, -0.15) is 5.10 Å². The van der Waals surface area contributed by atoms with Crippen molar-refractivity contribution in [3.8, 4) is 0 Å². The van der Waals surface area contributed by atoms with E-state index in [0.29, 0.717) is 17.2 Å². The summed E-state index contributed by atoms with van der Waals surface area (Å²) in [5.41, 5.74) is 1.84. The molecule has 1 aromatic heterocycles. The summed E-state index contributed by atoms with van der Waals surface area (Å²) in [6, 6.07) is 8.60. The van der Waals surface area contributed by atoms with Gasteiger partial charge in [-0.3, -0.25) is 9.89 Å². The number of aromatic amines is 1. The topological polar surface area (TPSA) is 90.0 Å². The second-order valence-electron chi connectivity index (χ2n) is 3.73. The van der Waals surface area contributed by atoms with Gasteiger partial charge in [-0.25, -0.2) is 0 Å². The second kappa shape index (κ2) is 5.33. The highest BCUT2D eigenvalue weighted by Crippen LogP contribution is 2.12. The zero-order valence-electron chi connectivity index (χ0n) is 9.90. The van der Waals surface area contributed by atoms with Crippen molar-refractivity contribution in [2.75, 3.05) is 17.7 Å². The number of hydrogen-bond donors (Lipinski definition) is 4. The van der Waals surface area contributed by atoms with Gasteiger partial charge in [-0.1, -0.05) is 12.1 Å². The molecule has 2 rings (SSSR count). The molecule has 94 valence electrons. The molecule has 0 saturated heterocycles. The monoisotopic (exact) mass is 246 g/mol. The first-order valence-electron chi connectivity index (χ1n) is 5.47. The van der Waals surface area contributed by atoms with E-state index in [-0.39, 0.29) is 12.5 Å². The van der Waals surface area contributed by atoms with Crippen LogP contribution in [0.5, 0.6) is 0 Å². The smallest absolute Gasteiger partial charge is 0.273 e. The van der Waals surface area contributed by atoms with Crippen molar-refractivity contribution in [2.45, 2.75) is 6.61 Å². The van der Waals surface area contributed by atoms with Crippen molar-refractivity contribution in [1.29, 1.82) is 0 Å². The van der Waals surface area contributed by atoms with Crippen LogP contribution >= 0.6 is 0 Å².